The molecule has 1 aromatic carbocycles. The van der Waals surface area contributed by atoms with Crippen LogP contribution in [0.25, 0.3) is 11.4 Å². The van der Waals surface area contributed by atoms with Crippen LogP contribution in [0, 0.1) is 0 Å². The van der Waals surface area contributed by atoms with Crippen molar-refractivity contribution in [2.45, 2.75) is 13.8 Å². The van der Waals surface area contributed by atoms with Crippen molar-refractivity contribution in [2.75, 3.05) is 102 Å². The first-order valence-electron chi connectivity index (χ1n) is 12.5. The predicted octanol–water partition coefficient (Wildman–Crippen LogP) is 2.29. The van der Waals surface area contributed by atoms with Gasteiger partial charge in [0.1, 0.15) is 0 Å². The molecule has 10 nitrogen and oxygen atoms in total. The average Bonchev–Trinajstić information content (AvgIpc) is 2.90. The summed E-state index contributed by atoms with van der Waals surface area (Å²) in [5, 5.41) is 0. The van der Waals surface area contributed by atoms with Crippen LogP contribution in [0.5, 0.6) is 0 Å². The molecule has 1 aliphatic rings. The van der Waals surface area contributed by atoms with E-state index >= 15 is 0 Å². The van der Waals surface area contributed by atoms with Gasteiger partial charge in [-0.15, -0.1) is 0 Å². The first kappa shape index (κ1) is 27.2. The predicted molar refractivity (Wildman–Crippen MR) is 135 cm³/mol. The third-order valence-electron chi connectivity index (χ3n) is 5.47. The maximum absolute atomic E-state index is 5.82. The van der Waals surface area contributed by atoms with E-state index in [1.54, 1.807) is 0 Å². The molecule has 10 heteroatoms. The van der Waals surface area contributed by atoms with Crippen molar-refractivity contribution in [1.29, 1.82) is 0 Å². The molecule has 0 amide bonds. The number of ether oxygens (including phenoxy) is 5. The van der Waals surface area contributed by atoms with Gasteiger partial charge in [-0.25, -0.2) is 0 Å². The monoisotopic (exact) mass is 489 g/mol. The molecule has 1 aromatic heterocycles. The van der Waals surface area contributed by atoms with Gasteiger partial charge in [0, 0.05) is 31.7 Å². The Labute approximate surface area is 208 Å². The summed E-state index contributed by atoms with van der Waals surface area (Å²) >= 11 is 0. The largest absolute Gasteiger partial charge is 0.377 e. The summed E-state index contributed by atoms with van der Waals surface area (Å²) in [6, 6.07) is 10.00. The van der Waals surface area contributed by atoms with Crippen LogP contribution in [0.3, 0.4) is 0 Å². The molecule has 0 unspecified atom stereocenters. The Balaban J connectivity index is 1.76. The molecule has 2 aromatic rings. The number of hydrogen-bond acceptors (Lipinski definition) is 10. The average molecular weight is 490 g/mol. The number of hydrogen-bond donors (Lipinski definition) is 0. The summed E-state index contributed by atoms with van der Waals surface area (Å²) in [7, 11) is 0. The van der Waals surface area contributed by atoms with Gasteiger partial charge in [0.05, 0.1) is 66.1 Å². The summed E-state index contributed by atoms with van der Waals surface area (Å²) in [5.74, 6) is 1.94. The highest BCUT2D eigenvalue weighted by Gasteiger charge is 2.17. The van der Waals surface area contributed by atoms with Crippen molar-refractivity contribution < 1.29 is 23.7 Å². The number of anilines is 2. The molecule has 2 heterocycles. The minimum absolute atomic E-state index is 0.518. The summed E-state index contributed by atoms with van der Waals surface area (Å²) in [4.78, 5) is 18.7. The van der Waals surface area contributed by atoms with Crippen molar-refractivity contribution >= 4 is 11.9 Å². The van der Waals surface area contributed by atoms with Crippen LogP contribution in [-0.4, -0.2) is 107 Å². The number of aromatic nitrogens is 3. The normalized spacial score (nSPS) is 17.9. The molecule has 0 aliphatic carbocycles. The van der Waals surface area contributed by atoms with Crippen LogP contribution in [-0.2, 0) is 23.7 Å². The third kappa shape index (κ3) is 9.65. The molecule has 0 bridgehead atoms. The second kappa shape index (κ2) is 16.3. The Hall–Kier alpha value is -2.37. The zero-order valence-corrected chi connectivity index (χ0v) is 21.1. The van der Waals surface area contributed by atoms with Gasteiger partial charge in [-0.3, -0.25) is 0 Å². The molecule has 1 fully saturated rings. The lowest BCUT2D eigenvalue weighted by molar-refractivity contribution is -0.0116. The Kier molecular flexibility index (Phi) is 12.7. The topological polar surface area (TPSA) is 91.3 Å². The van der Waals surface area contributed by atoms with Crippen LogP contribution in [0.1, 0.15) is 13.8 Å². The lowest BCUT2D eigenvalue weighted by Gasteiger charge is -2.25. The highest BCUT2D eigenvalue weighted by atomic mass is 16.6. The van der Waals surface area contributed by atoms with E-state index in [-0.39, 0.29) is 0 Å². The molecule has 194 valence electrons. The fourth-order valence-corrected chi connectivity index (χ4v) is 3.50. The van der Waals surface area contributed by atoms with E-state index in [1.165, 1.54) is 0 Å². The number of rotatable bonds is 5. The van der Waals surface area contributed by atoms with Crippen LogP contribution in [0.2, 0.25) is 0 Å². The van der Waals surface area contributed by atoms with E-state index in [0.717, 1.165) is 18.7 Å². The first-order valence-corrected chi connectivity index (χ1v) is 12.5. The van der Waals surface area contributed by atoms with Gasteiger partial charge in [-0.05, 0) is 13.8 Å². The molecule has 0 atom stereocenters. The molecular formula is C25H39N5O5. The van der Waals surface area contributed by atoms with Crippen LogP contribution in [0.15, 0.2) is 30.3 Å². The fraction of sp³-hybridized carbons (Fsp3) is 0.640. The fourth-order valence-electron chi connectivity index (χ4n) is 3.50. The Morgan fingerprint density at radius 1 is 0.657 bits per heavy atom. The van der Waals surface area contributed by atoms with Crippen molar-refractivity contribution in [1.82, 2.24) is 15.0 Å². The minimum atomic E-state index is 0.518. The second-order valence-corrected chi connectivity index (χ2v) is 7.85. The Morgan fingerprint density at radius 2 is 1.14 bits per heavy atom. The maximum atomic E-state index is 5.82. The first-order chi connectivity index (χ1) is 17.3. The standard InChI is InChI=1S/C25H39N5O5/c1-3-29(4-2)24-26-23(22-8-6-5-7-9-22)27-25(28-24)30-10-12-31-14-16-33-18-20-35-21-19-34-17-15-32-13-11-30/h5-9H,3-4,10-21H2,1-2H3. The van der Waals surface area contributed by atoms with E-state index in [9.17, 15) is 0 Å². The quantitative estimate of drug-likeness (QED) is 0.623. The maximum Gasteiger partial charge on any atom is 0.230 e. The third-order valence-corrected chi connectivity index (χ3v) is 5.47. The van der Waals surface area contributed by atoms with E-state index in [1.807, 2.05) is 30.3 Å². The smallest absolute Gasteiger partial charge is 0.230 e. The van der Waals surface area contributed by atoms with Crippen LogP contribution in [0.4, 0.5) is 11.9 Å². The summed E-state index contributed by atoms with van der Waals surface area (Å²) < 4.78 is 28.2. The van der Waals surface area contributed by atoms with Gasteiger partial charge in [-0.2, -0.15) is 15.0 Å². The Bertz CT molecular complexity index is 807. The summed E-state index contributed by atoms with van der Waals surface area (Å²) in [6.07, 6.45) is 0. The summed E-state index contributed by atoms with van der Waals surface area (Å²) in [5.41, 5.74) is 0.955. The molecule has 0 N–H and O–H groups in total. The van der Waals surface area contributed by atoms with E-state index in [4.69, 9.17) is 38.6 Å². The lowest BCUT2D eigenvalue weighted by Crippen LogP contribution is -2.34. The Morgan fingerprint density at radius 3 is 1.63 bits per heavy atom. The van der Waals surface area contributed by atoms with E-state index in [0.29, 0.717) is 96.9 Å². The van der Waals surface area contributed by atoms with Crippen molar-refractivity contribution in [3.05, 3.63) is 30.3 Å². The number of benzene rings is 1. The van der Waals surface area contributed by atoms with Gasteiger partial charge in [0.2, 0.25) is 11.9 Å². The SMILES string of the molecule is CCN(CC)c1nc(-c2ccccc2)nc(N2CCOCCOCCOCCOCCOCC2)n1. The van der Waals surface area contributed by atoms with Crippen molar-refractivity contribution in [3.63, 3.8) is 0 Å². The number of nitrogens with zero attached hydrogens (tertiary/aromatic N) is 5. The van der Waals surface area contributed by atoms with E-state index in [2.05, 4.69) is 23.6 Å². The zero-order valence-electron chi connectivity index (χ0n) is 21.1. The molecule has 35 heavy (non-hydrogen) atoms. The molecule has 1 aliphatic heterocycles. The molecule has 0 spiro atoms. The highest BCUT2D eigenvalue weighted by molar-refractivity contribution is 5.58. The molecule has 0 saturated carbocycles. The molecule has 1 saturated heterocycles. The van der Waals surface area contributed by atoms with Crippen molar-refractivity contribution in [2.24, 2.45) is 0 Å². The van der Waals surface area contributed by atoms with E-state index < -0.39 is 0 Å². The highest BCUT2D eigenvalue weighted by Crippen LogP contribution is 2.21. The van der Waals surface area contributed by atoms with Crippen LogP contribution < -0.4 is 9.80 Å². The van der Waals surface area contributed by atoms with Gasteiger partial charge in [0.15, 0.2) is 5.82 Å². The van der Waals surface area contributed by atoms with Crippen LogP contribution >= 0.6 is 0 Å². The minimum Gasteiger partial charge on any atom is -0.377 e. The van der Waals surface area contributed by atoms with Gasteiger partial charge < -0.3 is 33.5 Å². The van der Waals surface area contributed by atoms with Gasteiger partial charge in [0.25, 0.3) is 0 Å². The second-order valence-electron chi connectivity index (χ2n) is 7.85. The lowest BCUT2D eigenvalue weighted by atomic mass is 10.2. The summed E-state index contributed by atoms with van der Waals surface area (Å²) in [6.45, 7) is 12.4. The zero-order chi connectivity index (χ0) is 24.6. The van der Waals surface area contributed by atoms with Crippen molar-refractivity contribution in [3.8, 4) is 11.4 Å². The molecular weight excluding hydrogens is 450 g/mol. The van der Waals surface area contributed by atoms with Gasteiger partial charge in [-0.1, -0.05) is 30.3 Å². The molecule has 0 radical (unpaired) electrons. The molecule has 3 rings (SSSR count). The van der Waals surface area contributed by atoms with Gasteiger partial charge >= 0.3 is 0 Å².